The third kappa shape index (κ3) is 6.78. The maximum Gasteiger partial charge on any atom is 0.161 e. The lowest BCUT2D eigenvalue weighted by Gasteiger charge is -2.36. The van der Waals surface area contributed by atoms with Crippen LogP contribution in [0.15, 0.2) is 23.8 Å². The summed E-state index contributed by atoms with van der Waals surface area (Å²) in [7, 11) is 1.94. The molecular weight excluding hydrogens is 218 g/mol. The van der Waals surface area contributed by atoms with Crippen LogP contribution in [0.5, 0.6) is 0 Å². The molecule has 0 aromatic rings. The predicted molar refractivity (Wildman–Crippen MR) is 82.9 cm³/mol. The second kappa shape index (κ2) is 6.92. The van der Waals surface area contributed by atoms with Gasteiger partial charge in [-0.3, -0.25) is 4.99 Å². The molecule has 0 fully saturated rings. The molecule has 0 aliphatic carbocycles. The smallest absolute Gasteiger partial charge is 0.161 e. The van der Waals surface area contributed by atoms with Crippen LogP contribution in [0.4, 0.5) is 0 Å². The lowest BCUT2D eigenvalue weighted by atomic mass is 9.68. The SMILES string of the molecule is C/C=C\C(=C/C=[NH+]C)C(CC(C)(C)C)C(C)(C)C. The van der Waals surface area contributed by atoms with E-state index in [4.69, 9.17) is 0 Å². The van der Waals surface area contributed by atoms with Crippen molar-refractivity contribution in [2.75, 3.05) is 7.05 Å². The van der Waals surface area contributed by atoms with Crippen LogP contribution in [0, 0.1) is 16.7 Å². The van der Waals surface area contributed by atoms with Gasteiger partial charge in [-0.25, -0.2) is 0 Å². The van der Waals surface area contributed by atoms with Gasteiger partial charge in [0.1, 0.15) is 7.05 Å². The Balaban J connectivity index is 5.38. The van der Waals surface area contributed by atoms with Crippen molar-refractivity contribution in [3.8, 4) is 0 Å². The quantitative estimate of drug-likeness (QED) is 0.581. The summed E-state index contributed by atoms with van der Waals surface area (Å²) in [4.78, 5) is 3.09. The van der Waals surface area contributed by atoms with Crippen molar-refractivity contribution in [3.63, 3.8) is 0 Å². The van der Waals surface area contributed by atoms with Gasteiger partial charge in [0.05, 0.1) is 0 Å². The number of nitrogens with one attached hydrogen (secondary N) is 1. The molecule has 0 radical (unpaired) electrons. The first-order valence-electron chi connectivity index (χ1n) is 6.95. The van der Waals surface area contributed by atoms with Gasteiger partial charge >= 0.3 is 0 Å². The van der Waals surface area contributed by atoms with Crippen LogP contribution in [-0.4, -0.2) is 13.3 Å². The largest absolute Gasteiger partial charge is 0.251 e. The van der Waals surface area contributed by atoms with Gasteiger partial charge in [0, 0.05) is 6.08 Å². The van der Waals surface area contributed by atoms with E-state index in [-0.39, 0.29) is 5.41 Å². The first-order chi connectivity index (χ1) is 8.11. The first-order valence-corrected chi connectivity index (χ1v) is 6.95. The molecule has 0 heterocycles. The van der Waals surface area contributed by atoms with Crippen molar-refractivity contribution < 1.29 is 4.99 Å². The Kier molecular flexibility index (Phi) is 6.59. The Morgan fingerprint density at radius 1 is 1.11 bits per heavy atom. The zero-order valence-corrected chi connectivity index (χ0v) is 13.6. The lowest BCUT2D eigenvalue weighted by molar-refractivity contribution is -0.413. The van der Waals surface area contributed by atoms with Crippen LogP contribution >= 0.6 is 0 Å². The summed E-state index contributed by atoms with van der Waals surface area (Å²) >= 11 is 0. The predicted octanol–water partition coefficient (Wildman–Crippen LogP) is 3.37. The van der Waals surface area contributed by atoms with E-state index in [9.17, 15) is 0 Å². The number of hydrogen-bond donors (Lipinski definition) is 1. The summed E-state index contributed by atoms with van der Waals surface area (Å²) < 4.78 is 0. The summed E-state index contributed by atoms with van der Waals surface area (Å²) in [6.07, 6.45) is 9.81. The van der Waals surface area contributed by atoms with Crippen LogP contribution in [0.2, 0.25) is 0 Å². The highest BCUT2D eigenvalue weighted by atomic mass is 14.6. The standard InChI is InChI=1S/C17H31N/c1-9-10-14(11-12-18-8)15(17(5,6)7)13-16(2,3)4/h9-12,15H,13H2,1-8H3/p+1/b10-9-,14-11+,18-12?. The van der Waals surface area contributed by atoms with E-state index in [1.807, 2.05) is 13.3 Å². The molecule has 0 aromatic heterocycles. The van der Waals surface area contributed by atoms with Gasteiger partial charge in [-0.1, -0.05) is 53.7 Å². The van der Waals surface area contributed by atoms with E-state index in [1.165, 1.54) is 12.0 Å². The van der Waals surface area contributed by atoms with E-state index in [2.05, 4.69) is 71.7 Å². The molecule has 1 unspecified atom stereocenters. The van der Waals surface area contributed by atoms with Gasteiger partial charge < -0.3 is 0 Å². The van der Waals surface area contributed by atoms with E-state index >= 15 is 0 Å². The third-order valence-corrected chi connectivity index (χ3v) is 3.07. The van der Waals surface area contributed by atoms with Gasteiger partial charge in [0.15, 0.2) is 6.21 Å². The Morgan fingerprint density at radius 2 is 1.67 bits per heavy atom. The fourth-order valence-electron chi connectivity index (χ4n) is 2.20. The highest BCUT2D eigenvalue weighted by Gasteiger charge is 2.30. The average molecular weight is 250 g/mol. The van der Waals surface area contributed by atoms with Crippen LogP contribution in [0.25, 0.3) is 0 Å². The summed E-state index contributed by atoms with van der Waals surface area (Å²) in [5, 5.41) is 0. The van der Waals surface area contributed by atoms with Crippen LogP contribution < -0.4 is 4.99 Å². The van der Waals surface area contributed by atoms with E-state index < -0.39 is 0 Å². The Morgan fingerprint density at radius 3 is 2.00 bits per heavy atom. The Labute approximate surface area is 114 Å². The van der Waals surface area contributed by atoms with Gasteiger partial charge in [0.25, 0.3) is 0 Å². The average Bonchev–Trinajstić information content (AvgIpc) is 2.18. The number of hydrogen-bond acceptors (Lipinski definition) is 0. The van der Waals surface area contributed by atoms with E-state index in [0.29, 0.717) is 11.3 Å². The van der Waals surface area contributed by atoms with Crippen molar-refractivity contribution in [3.05, 3.63) is 23.8 Å². The van der Waals surface area contributed by atoms with Crippen molar-refractivity contribution in [1.29, 1.82) is 0 Å². The second-order valence-corrected chi connectivity index (χ2v) is 7.31. The molecule has 18 heavy (non-hydrogen) atoms. The van der Waals surface area contributed by atoms with Crippen molar-refractivity contribution in [2.24, 2.45) is 16.7 Å². The first kappa shape index (κ1) is 17.2. The van der Waals surface area contributed by atoms with Gasteiger partial charge in [-0.2, -0.15) is 0 Å². The Bertz CT molecular complexity index is 318. The van der Waals surface area contributed by atoms with Crippen molar-refractivity contribution in [2.45, 2.75) is 54.9 Å². The summed E-state index contributed by atoms with van der Waals surface area (Å²) in [6.45, 7) is 16.0. The minimum Gasteiger partial charge on any atom is -0.251 e. The molecule has 0 aromatic carbocycles. The van der Waals surface area contributed by atoms with Gasteiger partial charge in [-0.15, -0.1) is 0 Å². The normalized spacial score (nSPS) is 16.8. The molecular formula is C17H32N+. The van der Waals surface area contributed by atoms with Gasteiger partial charge in [-0.05, 0) is 35.7 Å². The zero-order chi connectivity index (χ0) is 14.4. The molecule has 1 nitrogen and oxygen atoms in total. The monoisotopic (exact) mass is 250 g/mol. The summed E-state index contributed by atoms with van der Waals surface area (Å²) in [5.74, 6) is 0.568. The second-order valence-electron chi connectivity index (χ2n) is 7.31. The van der Waals surface area contributed by atoms with Crippen molar-refractivity contribution in [1.82, 2.24) is 0 Å². The third-order valence-electron chi connectivity index (χ3n) is 3.07. The molecule has 0 aliphatic heterocycles. The molecule has 0 saturated carbocycles. The molecule has 0 spiro atoms. The lowest BCUT2D eigenvalue weighted by Crippen LogP contribution is -2.62. The van der Waals surface area contributed by atoms with E-state index in [1.54, 1.807) is 0 Å². The van der Waals surface area contributed by atoms with Crippen LogP contribution in [0.1, 0.15) is 54.9 Å². The number of allylic oxidation sites excluding steroid dienone is 4. The minimum absolute atomic E-state index is 0.278. The maximum absolute atomic E-state index is 3.09. The summed E-state index contributed by atoms with van der Waals surface area (Å²) in [6, 6.07) is 0. The highest BCUT2D eigenvalue weighted by Crippen LogP contribution is 2.40. The molecule has 1 heteroatoms. The van der Waals surface area contributed by atoms with Crippen LogP contribution in [-0.2, 0) is 0 Å². The summed E-state index contributed by atoms with van der Waals surface area (Å²) in [5.41, 5.74) is 2.03. The molecule has 0 rings (SSSR count). The fourth-order valence-corrected chi connectivity index (χ4v) is 2.20. The zero-order valence-electron chi connectivity index (χ0n) is 13.6. The molecule has 0 bridgehead atoms. The molecule has 0 aliphatic rings. The van der Waals surface area contributed by atoms with Gasteiger partial charge in [0.2, 0.25) is 0 Å². The molecule has 1 atom stereocenters. The Hall–Kier alpha value is -0.850. The molecule has 104 valence electrons. The molecule has 1 N–H and O–H groups in total. The van der Waals surface area contributed by atoms with Crippen molar-refractivity contribution >= 4 is 6.21 Å². The number of rotatable bonds is 4. The highest BCUT2D eigenvalue weighted by molar-refractivity contribution is 5.67. The topological polar surface area (TPSA) is 14.0 Å². The molecule has 0 saturated heterocycles. The van der Waals surface area contributed by atoms with Crippen LogP contribution in [0.3, 0.4) is 0 Å². The van der Waals surface area contributed by atoms with E-state index in [0.717, 1.165) is 0 Å². The fraction of sp³-hybridized carbons (Fsp3) is 0.706. The minimum atomic E-state index is 0.278. The maximum atomic E-state index is 3.09. The molecule has 0 amide bonds.